The molecule has 7 rings (SSSR count). The van der Waals surface area contributed by atoms with E-state index in [-0.39, 0.29) is 0 Å². The Morgan fingerprint density at radius 2 is 1.56 bits per heavy atom. The van der Waals surface area contributed by atoms with Crippen LogP contribution in [0, 0.1) is 6.92 Å². The third kappa shape index (κ3) is 5.21. The van der Waals surface area contributed by atoms with E-state index in [0.29, 0.717) is 6.54 Å². The Bertz CT molecular complexity index is 1930. The van der Waals surface area contributed by atoms with Crippen LogP contribution in [-0.4, -0.2) is 5.71 Å². The summed E-state index contributed by atoms with van der Waals surface area (Å²) in [5.74, 6) is 0. The lowest BCUT2D eigenvalue weighted by atomic mass is 9.84. The van der Waals surface area contributed by atoms with Crippen molar-refractivity contribution in [1.29, 1.82) is 0 Å². The van der Waals surface area contributed by atoms with Crippen molar-refractivity contribution in [2.24, 2.45) is 4.99 Å². The number of hydrogen-bond acceptors (Lipinski definition) is 1. The Morgan fingerprint density at radius 1 is 0.767 bits per heavy atom. The van der Waals surface area contributed by atoms with Crippen molar-refractivity contribution in [3.05, 3.63) is 154 Å². The largest absolute Gasteiger partial charge is 0.285 e. The molecule has 210 valence electrons. The van der Waals surface area contributed by atoms with Crippen LogP contribution in [0.5, 0.6) is 0 Å². The summed E-state index contributed by atoms with van der Waals surface area (Å²) in [6, 6.07) is 35.8. The first-order valence-electron chi connectivity index (χ1n) is 15.5. The van der Waals surface area contributed by atoms with Gasteiger partial charge in [-0.1, -0.05) is 91.0 Å². The fourth-order valence-corrected chi connectivity index (χ4v) is 6.79. The molecule has 2 aliphatic carbocycles. The summed E-state index contributed by atoms with van der Waals surface area (Å²) in [5, 5.41) is 0. The van der Waals surface area contributed by atoms with Gasteiger partial charge in [0.1, 0.15) is 0 Å². The van der Waals surface area contributed by atoms with Crippen molar-refractivity contribution in [2.75, 3.05) is 0 Å². The van der Waals surface area contributed by atoms with Gasteiger partial charge < -0.3 is 0 Å². The van der Waals surface area contributed by atoms with E-state index < -0.39 is 0 Å². The lowest BCUT2D eigenvalue weighted by Gasteiger charge is -2.21. The molecule has 0 aromatic heterocycles. The molecule has 0 N–H and O–H groups in total. The highest BCUT2D eigenvalue weighted by molar-refractivity contribution is 6.01. The Labute approximate surface area is 256 Å². The van der Waals surface area contributed by atoms with E-state index in [2.05, 4.69) is 142 Å². The highest BCUT2D eigenvalue weighted by Gasteiger charge is 2.20. The molecule has 0 amide bonds. The molecule has 0 aliphatic heterocycles. The molecule has 0 radical (unpaired) electrons. The first-order valence-corrected chi connectivity index (χ1v) is 15.5. The molecule has 0 bridgehead atoms. The van der Waals surface area contributed by atoms with Crippen molar-refractivity contribution in [3.8, 4) is 33.4 Å². The number of fused-ring (bicyclic) bond motifs is 4. The molecule has 1 heteroatoms. The SMILES string of the molecule is C/C=C\c1c(-c2cc(C(C)=NCc3ccccc3)cc(-c3ccc4c(c3)-c3ccccc3C4)c2)cc2c(c1C)CCC=C2. The van der Waals surface area contributed by atoms with Gasteiger partial charge in [0.25, 0.3) is 0 Å². The number of rotatable bonds is 6. The van der Waals surface area contributed by atoms with Gasteiger partial charge in [0.2, 0.25) is 0 Å². The van der Waals surface area contributed by atoms with Crippen molar-refractivity contribution >= 4 is 17.9 Å². The molecule has 0 fully saturated rings. The molecular formula is C42H37N. The zero-order valence-corrected chi connectivity index (χ0v) is 25.3. The van der Waals surface area contributed by atoms with E-state index in [1.165, 1.54) is 77.9 Å². The molecule has 1 nitrogen and oxygen atoms in total. The number of allylic oxidation sites excluding steroid dienone is 2. The summed E-state index contributed by atoms with van der Waals surface area (Å²) in [4.78, 5) is 5.06. The van der Waals surface area contributed by atoms with E-state index in [9.17, 15) is 0 Å². The van der Waals surface area contributed by atoms with Gasteiger partial charge in [-0.25, -0.2) is 0 Å². The van der Waals surface area contributed by atoms with Gasteiger partial charge in [-0.05, 0) is 148 Å². The average molecular weight is 556 g/mol. The summed E-state index contributed by atoms with van der Waals surface area (Å²) < 4.78 is 0. The van der Waals surface area contributed by atoms with Crippen LogP contribution in [-0.2, 0) is 19.4 Å². The van der Waals surface area contributed by atoms with Gasteiger partial charge in [-0.3, -0.25) is 4.99 Å². The summed E-state index contributed by atoms with van der Waals surface area (Å²) in [7, 11) is 0. The Balaban J connectivity index is 1.40. The van der Waals surface area contributed by atoms with Gasteiger partial charge in [0, 0.05) is 5.71 Å². The molecule has 43 heavy (non-hydrogen) atoms. The first-order chi connectivity index (χ1) is 21.1. The van der Waals surface area contributed by atoms with Crippen LogP contribution in [0.2, 0.25) is 0 Å². The predicted octanol–water partition coefficient (Wildman–Crippen LogP) is 10.9. The van der Waals surface area contributed by atoms with Crippen LogP contribution in [0.1, 0.15) is 64.8 Å². The molecule has 0 atom stereocenters. The second kappa shape index (κ2) is 11.5. The molecule has 0 saturated heterocycles. The van der Waals surface area contributed by atoms with E-state index >= 15 is 0 Å². The zero-order valence-electron chi connectivity index (χ0n) is 25.3. The van der Waals surface area contributed by atoms with Gasteiger partial charge in [-0.2, -0.15) is 0 Å². The Hall–Kier alpha value is -4.75. The van der Waals surface area contributed by atoms with Crippen LogP contribution in [0.15, 0.2) is 114 Å². The third-order valence-corrected chi connectivity index (χ3v) is 9.12. The maximum absolute atomic E-state index is 5.06. The Morgan fingerprint density at radius 3 is 2.42 bits per heavy atom. The van der Waals surface area contributed by atoms with Crippen molar-refractivity contribution in [3.63, 3.8) is 0 Å². The van der Waals surface area contributed by atoms with Crippen molar-refractivity contribution < 1.29 is 0 Å². The predicted molar refractivity (Wildman–Crippen MR) is 185 cm³/mol. The molecule has 0 spiro atoms. The van der Waals surface area contributed by atoms with E-state index in [1.807, 2.05) is 0 Å². The average Bonchev–Trinajstić information content (AvgIpc) is 3.43. The second-order valence-corrected chi connectivity index (χ2v) is 11.9. The van der Waals surface area contributed by atoms with E-state index in [1.54, 1.807) is 0 Å². The van der Waals surface area contributed by atoms with Crippen LogP contribution >= 0.6 is 0 Å². The minimum absolute atomic E-state index is 0.675. The van der Waals surface area contributed by atoms with E-state index in [4.69, 9.17) is 4.99 Å². The molecule has 0 heterocycles. The van der Waals surface area contributed by atoms with Gasteiger partial charge >= 0.3 is 0 Å². The normalized spacial score (nSPS) is 13.7. The number of aliphatic imine (C=N–C) groups is 1. The standard InChI is InChI=1S/C42H37N/c1-4-12-39-28(2)38-17-10-8-16-33(38)26-42(39)37-23-35(29(3)43-27-30-13-6-5-7-14-30)22-36(24-37)31-19-20-34-21-32-15-9-11-18-40(32)41(34)25-31/h4-9,11-16,18-20,22-26H,10,17,21,27H2,1-3H3/b12-4-,43-29?. The van der Waals surface area contributed by atoms with Crippen molar-refractivity contribution in [2.45, 2.75) is 46.6 Å². The highest BCUT2D eigenvalue weighted by atomic mass is 14.7. The van der Waals surface area contributed by atoms with Crippen LogP contribution in [0.4, 0.5) is 0 Å². The number of hydrogen-bond donors (Lipinski definition) is 0. The summed E-state index contributed by atoms with van der Waals surface area (Å²) in [6.45, 7) is 7.24. The van der Waals surface area contributed by atoms with Gasteiger partial charge in [-0.15, -0.1) is 0 Å². The first kappa shape index (κ1) is 27.1. The fourth-order valence-electron chi connectivity index (χ4n) is 6.79. The molecule has 0 saturated carbocycles. The van der Waals surface area contributed by atoms with Crippen LogP contribution in [0.3, 0.4) is 0 Å². The third-order valence-electron chi connectivity index (χ3n) is 9.12. The van der Waals surface area contributed by atoms with Crippen molar-refractivity contribution in [1.82, 2.24) is 0 Å². The minimum Gasteiger partial charge on any atom is -0.285 e. The van der Waals surface area contributed by atoms with Gasteiger partial charge in [0.05, 0.1) is 6.54 Å². The quantitative estimate of drug-likeness (QED) is 0.181. The minimum atomic E-state index is 0.675. The zero-order chi connectivity index (χ0) is 29.3. The summed E-state index contributed by atoms with van der Waals surface area (Å²) in [6.07, 6.45) is 12.3. The molecule has 0 unspecified atom stereocenters. The molecule has 2 aliphatic rings. The Kier molecular flexibility index (Phi) is 7.25. The maximum Gasteiger partial charge on any atom is 0.0643 e. The lowest BCUT2D eigenvalue weighted by Crippen LogP contribution is -2.03. The summed E-state index contributed by atoms with van der Waals surface area (Å²) >= 11 is 0. The molecule has 5 aromatic rings. The summed E-state index contributed by atoms with van der Waals surface area (Å²) in [5.41, 5.74) is 19.5. The molecule has 5 aromatic carbocycles. The lowest BCUT2D eigenvalue weighted by molar-refractivity contribution is 0.970. The fraction of sp³-hybridized carbons (Fsp3) is 0.167. The smallest absolute Gasteiger partial charge is 0.0643 e. The van der Waals surface area contributed by atoms with Gasteiger partial charge in [0.15, 0.2) is 0 Å². The highest BCUT2D eigenvalue weighted by Crippen LogP contribution is 2.41. The van der Waals surface area contributed by atoms with Crippen LogP contribution < -0.4 is 0 Å². The number of benzene rings is 5. The second-order valence-electron chi connectivity index (χ2n) is 11.9. The molecular weight excluding hydrogens is 518 g/mol. The van der Waals surface area contributed by atoms with E-state index in [0.717, 1.165) is 25.0 Å². The maximum atomic E-state index is 5.06. The number of nitrogens with zero attached hydrogens (tertiary/aromatic N) is 1. The monoisotopic (exact) mass is 555 g/mol. The van der Waals surface area contributed by atoms with Crippen LogP contribution in [0.25, 0.3) is 45.5 Å². The topological polar surface area (TPSA) is 12.4 Å².